The van der Waals surface area contributed by atoms with Crippen molar-refractivity contribution in [1.82, 2.24) is 10.3 Å². The van der Waals surface area contributed by atoms with Gasteiger partial charge in [0.25, 0.3) is 0 Å². The van der Waals surface area contributed by atoms with Gasteiger partial charge < -0.3 is 15.0 Å². The summed E-state index contributed by atoms with van der Waals surface area (Å²) in [6.45, 7) is 5.28. The SMILES string of the molecule is CC(Cc1c[nH]c2ccccc12)NCCC1CCOC1. The maximum absolute atomic E-state index is 5.42. The quantitative estimate of drug-likeness (QED) is 0.848. The van der Waals surface area contributed by atoms with E-state index in [2.05, 4.69) is 47.7 Å². The van der Waals surface area contributed by atoms with E-state index in [1.54, 1.807) is 0 Å². The molecule has 2 heterocycles. The van der Waals surface area contributed by atoms with Crippen molar-refractivity contribution in [3.63, 3.8) is 0 Å². The van der Waals surface area contributed by atoms with E-state index >= 15 is 0 Å². The van der Waals surface area contributed by atoms with Crippen molar-refractivity contribution in [2.24, 2.45) is 5.92 Å². The number of ether oxygens (including phenoxy) is 1. The first-order valence-electron chi connectivity index (χ1n) is 7.69. The number of rotatable bonds is 6. The number of para-hydroxylation sites is 1. The van der Waals surface area contributed by atoms with Crippen molar-refractivity contribution in [2.45, 2.75) is 32.2 Å². The summed E-state index contributed by atoms with van der Waals surface area (Å²) in [6, 6.07) is 9.03. The van der Waals surface area contributed by atoms with Crippen molar-refractivity contribution in [3.8, 4) is 0 Å². The third-order valence-electron chi connectivity index (χ3n) is 4.27. The molecule has 0 saturated carbocycles. The van der Waals surface area contributed by atoms with Crippen molar-refractivity contribution >= 4 is 10.9 Å². The molecular weight excluding hydrogens is 248 g/mol. The van der Waals surface area contributed by atoms with Crippen molar-refractivity contribution in [1.29, 1.82) is 0 Å². The van der Waals surface area contributed by atoms with Crippen LogP contribution in [0.25, 0.3) is 10.9 Å². The van der Waals surface area contributed by atoms with Crippen LogP contribution in [0.3, 0.4) is 0 Å². The number of fused-ring (bicyclic) bond motifs is 1. The summed E-state index contributed by atoms with van der Waals surface area (Å²) in [5.41, 5.74) is 2.64. The van der Waals surface area contributed by atoms with Gasteiger partial charge in [-0.15, -0.1) is 0 Å². The Hall–Kier alpha value is -1.32. The summed E-state index contributed by atoms with van der Waals surface area (Å²) in [6.07, 6.45) is 5.69. The van der Waals surface area contributed by atoms with Crippen LogP contribution < -0.4 is 5.32 Å². The molecule has 2 unspecified atom stereocenters. The normalized spacial score (nSPS) is 20.6. The van der Waals surface area contributed by atoms with E-state index < -0.39 is 0 Å². The number of hydrogen-bond acceptors (Lipinski definition) is 2. The Morgan fingerprint density at radius 1 is 1.40 bits per heavy atom. The molecule has 0 aliphatic carbocycles. The van der Waals surface area contributed by atoms with E-state index in [4.69, 9.17) is 4.74 Å². The Labute approximate surface area is 120 Å². The second-order valence-electron chi connectivity index (χ2n) is 5.94. The van der Waals surface area contributed by atoms with Crippen LogP contribution in [0.5, 0.6) is 0 Å². The fraction of sp³-hybridized carbons (Fsp3) is 0.529. The van der Waals surface area contributed by atoms with Gasteiger partial charge in [0.2, 0.25) is 0 Å². The second-order valence-corrected chi connectivity index (χ2v) is 5.94. The first kappa shape index (κ1) is 13.7. The molecule has 108 valence electrons. The van der Waals surface area contributed by atoms with Crippen LogP contribution in [0.4, 0.5) is 0 Å². The van der Waals surface area contributed by atoms with Gasteiger partial charge >= 0.3 is 0 Å². The standard InChI is InChI=1S/C17H24N2O/c1-13(18-8-6-14-7-9-20-12-14)10-15-11-19-17-5-3-2-4-16(15)17/h2-5,11,13-14,18-19H,6-10,12H2,1H3. The molecule has 2 aromatic rings. The maximum Gasteiger partial charge on any atom is 0.0495 e. The fourth-order valence-electron chi connectivity index (χ4n) is 3.05. The molecule has 0 spiro atoms. The maximum atomic E-state index is 5.42. The average molecular weight is 272 g/mol. The summed E-state index contributed by atoms with van der Waals surface area (Å²) in [5, 5.41) is 5.00. The zero-order valence-electron chi connectivity index (χ0n) is 12.2. The smallest absolute Gasteiger partial charge is 0.0495 e. The van der Waals surface area contributed by atoms with Gasteiger partial charge in [-0.05, 0) is 50.3 Å². The predicted octanol–water partition coefficient (Wildman–Crippen LogP) is 3.12. The first-order chi connectivity index (χ1) is 9.83. The molecule has 1 fully saturated rings. The van der Waals surface area contributed by atoms with Gasteiger partial charge in [0, 0.05) is 36.4 Å². The van der Waals surface area contributed by atoms with E-state index in [1.165, 1.54) is 29.3 Å². The monoisotopic (exact) mass is 272 g/mol. The Morgan fingerprint density at radius 3 is 3.15 bits per heavy atom. The highest BCUT2D eigenvalue weighted by Gasteiger charge is 2.15. The largest absolute Gasteiger partial charge is 0.381 e. The van der Waals surface area contributed by atoms with E-state index in [0.717, 1.165) is 32.1 Å². The Morgan fingerprint density at radius 2 is 2.30 bits per heavy atom. The molecule has 1 aromatic heterocycles. The van der Waals surface area contributed by atoms with Crippen LogP contribution in [-0.4, -0.2) is 30.8 Å². The topological polar surface area (TPSA) is 37.0 Å². The molecule has 1 saturated heterocycles. The van der Waals surface area contributed by atoms with Crippen LogP contribution in [0.1, 0.15) is 25.3 Å². The molecule has 1 aliphatic heterocycles. The van der Waals surface area contributed by atoms with Gasteiger partial charge in [0.05, 0.1) is 0 Å². The summed E-state index contributed by atoms with van der Waals surface area (Å²) in [7, 11) is 0. The minimum absolute atomic E-state index is 0.511. The summed E-state index contributed by atoms with van der Waals surface area (Å²) in [5.74, 6) is 0.766. The molecule has 0 radical (unpaired) electrons. The lowest BCUT2D eigenvalue weighted by molar-refractivity contribution is 0.184. The molecule has 3 rings (SSSR count). The first-order valence-corrected chi connectivity index (χ1v) is 7.69. The molecular formula is C17H24N2O. The molecule has 2 atom stereocenters. The predicted molar refractivity (Wildman–Crippen MR) is 83.0 cm³/mol. The lowest BCUT2D eigenvalue weighted by Gasteiger charge is -2.15. The molecule has 1 aliphatic rings. The Bertz CT molecular complexity index is 543. The zero-order chi connectivity index (χ0) is 13.8. The van der Waals surface area contributed by atoms with Gasteiger partial charge in [-0.25, -0.2) is 0 Å². The summed E-state index contributed by atoms with van der Waals surface area (Å²) in [4.78, 5) is 3.35. The van der Waals surface area contributed by atoms with Crippen molar-refractivity contribution < 1.29 is 4.74 Å². The van der Waals surface area contributed by atoms with E-state index in [0.29, 0.717) is 6.04 Å². The summed E-state index contributed by atoms with van der Waals surface area (Å²) >= 11 is 0. The van der Waals surface area contributed by atoms with Gasteiger partial charge in [0.15, 0.2) is 0 Å². The van der Waals surface area contributed by atoms with E-state index in [1.807, 2.05) is 0 Å². The van der Waals surface area contributed by atoms with Crippen LogP contribution in [0.15, 0.2) is 30.5 Å². The number of H-pyrrole nitrogens is 1. The van der Waals surface area contributed by atoms with E-state index in [-0.39, 0.29) is 0 Å². The third-order valence-corrected chi connectivity index (χ3v) is 4.27. The van der Waals surface area contributed by atoms with Gasteiger partial charge in [-0.1, -0.05) is 18.2 Å². The fourth-order valence-corrected chi connectivity index (χ4v) is 3.05. The third kappa shape index (κ3) is 3.22. The Kier molecular flexibility index (Phi) is 4.38. The van der Waals surface area contributed by atoms with Crippen LogP contribution in [-0.2, 0) is 11.2 Å². The lowest BCUT2D eigenvalue weighted by Crippen LogP contribution is -2.30. The molecule has 0 amide bonds. The van der Waals surface area contributed by atoms with Crippen LogP contribution in [0.2, 0.25) is 0 Å². The summed E-state index contributed by atoms with van der Waals surface area (Å²) < 4.78 is 5.42. The minimum atomic E-state index is 0.511. The zero-order valence-corrected chi connectivity index (χ0v) is 12.2. The van der Waals surface area contributed by atoms with Crippen LogP contribution >= 0.6 is 0 Å². The molecule has 20 heavy (non-hydrogen) atoms. The number of aromatic amines is 1. The van der Waals surface area contributed by atoms with Gasteiger partial charge in [-0.2, -0.15) is 0 Å². The highest BCUT2D eigenvalue weighted by molar-refractivity contribution is 5.83. The highest BCUT2D eigenvalue weighted by atomic mass is 16.5. The average Bonchev–Trinajstić information content (AvgIpc) is 3.09. The van der Waals surface area contributed by atoms with Crippen LogP contribution in [0, 0.1) is 5.92 Å². The molecule has 0 bridgehead atoms. The Balaban J connectivity index is 1.49. The molecule has 3 heteroatoms. The van der Waals surface area contributed by atoms with Gasteiger partial charge in [0.1, 0.15) is 0 Å². The second kappa shape index (κ2) is 6.42. The molecule has 1 aromatic carbocycles. The van der Waals surface area contributed by atoms with Crippen molar-refractivity contribution in [3.05, 3.63) is 36.0 Å². The minimum Gasteiger partial charge on any atom is -0.381 e. The number of benzene rings is 1. The lowest BCUT2D eigenvalue weighted by atomic mass is 10.0. The van der Waals surface area contributed by atoms with E-state index in [9.17, 15) is 0 Å². The number of hydrogen-bond donors (Lipinski definition) is 2. The number of aromatic nitrogens is 1. The van der Waals surface area contributed by atoms with Crippen molar-refractivity contribution in [2.75, 3.05) is 19.8 Å². The highest BCUT2D eigenvalue weighted by Crippen LogP contribution is 2.19. The molecule has 3 nitrogen and oxygen atoms in total. The molecule has 2 N–H and O–H groups in total. The van der Waals surface area contributed by atoms with Gasteiger partial charge in [-0.3, -0.25) is 0 Å². The number of nitrogens with one attached hydrogen (secondary N) is 2.